The van der Waals surface area contributed by atoms with Crippen LogP contribution in [0.3, 0.4) is 0 Å². The molecule has 1 aliphatic rings. The standard InChI is InChI=1S/C17H21N7O/c1-25-16-14(7-4-8-20-16)23-17-21-10-12(19)15(24-17)22-13-6-3-2-5-11(13)9-18/h4,7-8,10-11,13H,2-3,5-6,19H2,1H3,(H2,21,22,23,24). The van der Waals surface area contributed by atoms with Crippen LogP contribution in [-0.2, 0) is 0 Å². The first-order chi connectivity index (χ1) is 12.2. The van der Waals surface area contributed by atoms with Gasteiger partial charge in [0.2, 0.25) is 11.8 Å². The lowest BCUT2D eigenvalue weighted by Crippen LogP contribution is -2.32. The van der Waals surface area contributed by atoms with Crippen LogP contribution in [0.4, 0.5) is 23.1 Å². The smallest absolute Gasteiger partial charge is 0.237 e. The number of nitrogen functional groups attached to an aromatic ring is 1. The molecule has 3 rings (SSSR count). The Morgan fingerprint density at radius 1 is 1.32 bits per heavy atom. The molecule has 25 heavy (non-hydrogen) atoms. The van der Waals surface area contributed by atoms with Gasteiger partial charge in [0.15, 0.2) is 5.82 Å². The summed E-state index contributed by atoms with van der Waals surface area (Å²) in [6.45, 7) is 0. The largest absolute Gasteiger partial charge is 0.480 e. The Kier molecular flexibility index (Phi) is 5.14. The number of aromatic nitrogens is 3. The number of anilines is 4. The van der Waals surface area contributed by atoms with Gasteiger partial charge in [-0.3, -0.25) is 0 Å². The molecule has 0 bridgehead atoms. The summed E-state index contributed by atoms with van der Waals surface area (Å²) < 4.78 is 5.22. The minimum Gasteiger partial charge on any atom is -0.480 e. The third-order valence-corrected chi connectivity index (χ3v) is 4.28. The molecule has 2 unspecified atom stereocenters. The lowest BCUT2D eigenvalue weighted by molar-refractivity contribution is 0.388. The van der Waals surface area contributed by atoms with E-state index in [0.29, 0.717) is 29.0 Å². The second-order valence-corrected chi connectivity index (χ2v) is 5.95. The van der Waals surface area contributed by atoms with Crippen molar-refractivity contribution < 1.29 is 4.74 Å². The molecule has 1 fully saturated rings. The normalized spacial score (nSPS) is 19.7. The third kappa shape index (κ3) is 3.88. The third-order valence-electron chi connectivity index (χ3n) is 4.28. The molecule has 2 heterocycles. The molecule has 0 aliphatic heterocycles. The molecule has 2 aromatic rings. The van der Waals surface area contributed by atoms with Crippen molar-refractivity contribution in [2.75, 3.05) is 23.5 Å². The van der Waals surface area contributed by atoms with E-state index in [1.807, 2.05) is 6.07 Å². The Morgan fingerprint density at radius 3 is 2.96 bits per heavy atom. The highest BCUT2D eigenvalue weighted by molar-refractivity contribution is 5.65. The maximum absolute atomic E-state index is 9.33. The zero-order valence-electron chi connectivity index (χ0n) is 14.1. The van der Waals surface area contributed by atoms with Gasteiger partial charge < -0.3 is 21.1 Å². The van der Waals surface area contributed by atoms with E-state index >= 15 is 0 Å². The number of nitriles is 1. The van der Waals surface area contributed by atoms with Crippen LogP contribution in [-0.4, -0.2) is 28.1 Å². The van der Waals surface area contributed by atoms with Gasteiger partial charge in [0.1, 0.15) is 5.69 Å². The first-order valence-electron chi connectivity index (χ1n) is 8.26. The van der Waals surface area contributed by atoms with Gasteiger partial charge in [0.25, 0.3) is 0 Å². The van der Waals surface area contributed by atoms with E-state index in [1.165, 1.54) is 0 Å². The van der Waals surface area contributed by atoms with Crippen LogP contribution in [0.25, 0.3) is 0 Å². The average molecular weight is 339 g/mol. The molecule has 4 N–H and O–H groups in total. The van der Waals surface area contributed by atoms with Gasteiger partial charge >= 0.3 is 0 Å². The van der Waals surface area contributed by atoms with Crippen molar-refractivity contribution in [2.24, 2.45) is 5.92 Å². The summed E-state index contributed by atoms with van der Waals surface area (Å²) in [5, 5.41) is 15.7. The minimum atomic E-state index is -0.0297. The summed E-state index contributed by atoms with van der Waals surface area (Å²) >= 11 is 0. The number of nitrogens with one attached hydrogen (secondary N) is 2. The predicted octanol–water partition coefficient (Wildman–Crippen LogP) is 2.70. The SMILES string of the molecule is COc1ncccc1Nc1ncc(N)c(NC2CCCCC2C#N)n1. The van der Waals surface area contributed by atoms with Gasteiger partial charge in [-0.05, 0) is 25.0 Å². The van der Waals surface area contributed by atoms with Crippen molar-refractivity contribution in [1.29, 1.82) is 5.26 Å². The molecular weight excluding hydrogens is 318 g/mol. The van der Waals surface area contributed by atoms with E-state index in [1.54, 1.807) is 25.6 Å². The minimum absolute atomic E-state index is 0.0297. The molecule has 8 heteroatoms. The maximum atomic E-state index is 9.33. The van der Waals surface area contributed by atoms with Crippen molar-refractivity contribution in [3.63, 3.8) is 0 Å². The summed E-state index contributed by atoms with van der Waals surface area (Å²) in [5.74, 6) is 1.34. The van der Waals surface area contributed by atoms with Crippen LogP contribution in [0.2, 0.25) is 0 Å². The Balaban J connectivity index is 1.79. The molecule has 2 aromatic heterocycles. The van der Waals surface area contributed by atoms with Crippen LogP contribution in [0, 0.1) is 17.2 Å². The Labute approximate surface area is 146 Å². The van der Waals surface area contributed by atoms with Crippen LogP contribution in [0.15, 0.2) is 24.5 Å². The summed E-state index contributed by atoms with van der Waals surface area (Å²) in [4.78, 5) is 12.8. The summed E-state index contributed by atoms with van der Waals surface area (Å²) in [7, 11) is 1.55. The van der Waals surface area contributed by atoms with E-state index < -0.39 is 0 Å². The second-order valence-electron chi connectivity index (χ2n) is 5.95. The average Bonchev–Trinajstić information content (AvgIpc) is 2.65. The van der Waals surface area contributed by atoms with E-state index in [2.05, 4.69) is 31.7 Å². The first kappa shape index (κ1) is 16.8. The van der Waals surface area contributed by atoms with Gasteiger partial charge in [0.05, 0.1) is 31.0 Å². The molecule has 0 radical (unpaired) electrons. The van der Waals surface area contributed by atoms with Gasteiger partial charge in [-0.15, -0.1) is 0 Å². The lowest BCUT2D eigenvalue weighted by atomic mass is 9.85. The van der Waals surface area contributed by atoms with E-state index in [0.717, 1.165) is 25.7 Å². The Bertz CT molecular complexity index is 774. The quantitative estimate of drug-likeness (QED) is 0.760. The molecule has 0 aromatic carbocycles. The monoisotopic (exact) mass is 339 g/mol. The van der Waals surface area contributed by atoms with Crippen molar-refractivity contribution in [2.45, 2.75) is 31.7 Å². The molecule has 2 atom stereocenters. The Morgan fingerprint density at radius 2 is 2.16 bits per heavy atom. The number of pyridine rings is 1. The number of ether oxygens (including phenoxy) is 1. The molecule has 0 saturated heterocycles. The molecule has 130 valence electrons. The number of hydrogen-bond donors (Lipinski definition) is 3. The zero-order valence-corrected chi connectivity index (χ0v) is 14.1. The molecule has 1 saturated carbocycles. The van der Waals surface area contributed by atoms with Gasteiger partial charge in [0, 0.05) is 12.2 Å². The highest BCUT2D eigenvalue weighted by Crippen LogP contribution is 2.29. The molecule has 8 nitrogen and oxygen atoms in total. The highest BCUT2D eigenvalue weighted by atomic mass is 16.5. The number of nitrogens with zero attached hydrogens (tertiary/aromatic N) is 4. The molecule has 0 amide bonds. The zero-order chi connectivity index (χ0) is 17.6. The first-order valence-corrected chi connectivity index (χ1v) is 8.26. The Hall–Kier alpha value is -3.08. The van der Waals surface area contributed by atoms with Gasteiger partial charge in [-0.1, -0.05) is 12.8 Å². The fourth-order valence-corrected chi connectivity index (χ4v) is 2.97. The van der Waals surface area contributed by atoms with Crippen LogP contribution in [0.1, 0.15) is 25.7 Å². The van der Waals surface area contributed by atoms with Gasteiger partial charge in [-0.2, -0.15) is 10.2 Å². The van der Waals surface area contributed by atoms with Crippen LogP contribution >= 0.6 is 0 Å². The molecule has 0 spiro atoms. The maximum Gasteiger partial charge on any atom is 0.237 e. The lowest BCUT2D eigenvalue weighted by Gasteiger charge is -2.28. The predicted molar refractivity (Wildman–Crippen MR) is 95.5 cm³/mol. The summed E-state index contributed by atoms with van der Waals surface area (Å²) in [5.41, 5.74) is 7.12. The fraction of sp³-hybridized carbons (Fsp3) is 0.412. The number of nitrogens with two attached hydrogens (primary N) is 1. The van der Waals surface area contributed by atoms with Crippen LogP contribution in [0.5, 0.6) is 5.88 Å². The summed E-state index contributed by atoms with van der Waals surface area (Å²) in [6.07, 6.45) is 7.21. The summed E-state index contributed by atoms with van der Waals surface area (Å²) in [6, 6.07) is 6.05. The number of methoxy groups -OCH3 is 1. The van der Waals surface area contributed by atoms with Crippen LogP contribution < -0.4 is 21.1 Å². The van der Waals surface area contributed by atoms with Crippen molar-refractivity contribution in [1.82, 2.24) is 15.0 Å². The highest BCUT2D eigenvalue weighted by Gasteiger charge is 2.25. The van der Waals surface area contributed by atoms with E-state index in [-0.39, 0.29) is 12.0 Å². The number of rotatable bonds is 5. The van der Waals surface area contributed by atoms with E-state index in [4.69, 9.17) is 10.5 Å². The molecular formula is C17H21N7O. The van der Waals surface area contributed by atoms with Gasteiger partial charge in [-0.25, -0.2) is 9.97 Å². The fourth-order valence-electron chi connectivity index (χ4n) is 2.97. The van der Waals surface area contributed by atoms with Crippen molar-refractivity contribution in [3.05, 3.63) is 24.5 Å². The van der Waals surface area contributed by atoms with Crippen molar-refractivity contribution in [3.8, 4) is 11.9 Å². The molecule has 1 aliphatic carbocycles. The number of hydrogen-bond acceptors (Lipinski definition) is 8. The topological polar surface area (TPSA) is 122 Å². The van der Waals surface area contributed by atoms with Crippen molar-refractivity contribution >= 4 is 23.1 Å². The second kappa shape index (κ2) is 7.66. The van der Waals surface area contributed by atoms with E-state index in [9.17, 15) is 5.26 Å².